The molecule has 0 radical (unpaired) electrons. The average molecular weight is 285 g/mol. The highest BCUT2D eigenvalue weighted by molar-refractivity contribution is 5.78. The zero-order valence-electron chi connectivity index (χ0n) is 12.2. The van der Waals surface area contributed by atoms with Crippen LogP contribution in [0.5, 0.6) is 0 Å². The van der Waals surface area contributed by atoms with Crippen LogP contribution in [0.4, 0.5) is 0 Å². The van der Waals surface area contributed by atoms with Crippen molar-refractivity contribution >= 4 is 5.91 Å². The van der Waals surface area contributed by atoms with E-state index in [2.05, 4.69) is 17.1 Å². The lowest BCUT2D eigenvalue weighted by molar-refractivity contribution is -0.129. The van der Waals surface area contributed by atoms with Gasteiger partial charge in [-0.25, -0.2) is 0 Å². The van der Waals surface area contributed by atoms with Crippen molar-refractivity contribution in [2.45, 2.75) is 45.2 Å². The first-order valence-corrected chi connectivity index (χ1v) is 7.44. The number of rotatable bonds is 5. The maximum absolute atomic E-state index is 12.1. The minimum Gasteiger partial charge on any atom is -0.337 e. The topological polar surface area (TPSA) is 59.2 Å². The summed E-state index contributed by atoms with van der Waals surface area (Å²) in [6.07, 6.45) is 3.08. The molecule has 1 aromatic heterocycles. The number of aromatic nitrogens is 2. The van der Waals surface area contributed by atoms with Gasteiger partial charge >= 0.3 is 0 Å². The van der Waals surface area contributed by atoms with Gasteiger partial charge in [-0.05, 0) is 18.4 Å². The third-order valence-electron chi connectivity index (χ3n) is 3.77. The fourth-order valence-corrected chi connectivity index (χ4v) is 2.70. The van der Waals surface area contributed by atoms with Crippen LogP contribution in [0.15, 0.2) is 34.9 Å². The van der Waals surface area contributed by atoms with Crippen molar-refractivity contribution in [1.29, 1.82) is 0 Å². The third-order valence-corrected chi connectivity index (χ3v) is 3.77. The zero-order valence-corrected chi connectivity index (χ0v) is 12.2. The maximum atomic E-state index is 12.1. The van der Waals surface area contributed by atoms with E-state index in [1.54, 1.807) is 0 Å². The summed E-state index contributed by atoms with van der Waals surface area (Å²) in [5.74, 6) is 1.45. The Balaban J connectivity index is 1.78. The standard InChI is InChI=1S/C16H19N3O2/c1-2-6-14-17-16(21-18-14)13-9-10-15(20)19(13)11-12-7-4-3-5-8-12/h3-5,7-8,13H,2,6,9-11H2,1H3. The molecule has 1 aliphatic rings. The molecule has 0 N–H and O–H groups in total. The highest BCUT2D eigenvalue weighted by atomic mass is 16.5. The van der Waals surface area contributed by atoms with E-state index in [9.17, 15) is 4.79 Å². The van der Waals surface area contributed by atoms with E-state index in [0.29, 0.717) is 18.9 Å². The minimum atomic E-state index is -0.0872. The summed E-state index contributed by atoms with van der Waals surface area (Å²) in [5, 5.41) is 3.99. The van der Waals surface area contributed by atoms with Gasteiger partial charge in [0.2, 0.25) is 11.8 Å². The van der Waals surface area contributed by atoms with E-state index >= 15 is 0 Å². The monoisotopic (exact) mass is 285 g/mol. The summed E-state index contributed by atoms with van der Waals surface area (Å²) in [6, 6.07) is 9.91. The largest absolute Gasteiger partial charge is 0.337 e. The van der Waals surface area contributed by atoms with Crippen molar-refractivity contribution in [3.8, 4) is 0 Å². The molecule has 110 valence electrons. The second-order valence-corrected chi connectivity index (χ2v) is 5.36. The van der Waals surface area contributed by atoms with E-state index in [0.717, 1.165) is 30.7 Å². The average Bonchev–Trinajstić information content (AvgIpc) is 3.09. The number of hydrogen-bond acceptors (Lipinski definition) is 4. The van der Waals surface area contributed by atoms with Gasteiger partial charge < -0.3 is 9.42 Å². The minimum absolute atomic E-state index is 0.0872. The van der Waals surface area contributed by atoms with Crippen LogP contribution >= 0.6 is 0 Å². The normalized spacial score (nSPS) is 18.4. The summed E-state index contributed by atoms with van der Waals surface area (Å²) in [7, 11) is 0. The first kappa shape index (κ1) is 13.8. The maximum Gasteiger partial charge on any atom is 0.249 e. The predicted octanol–water partition coefficient (Wildman–Crippen LogP) is 2.89. The number of carbonyl (C=O) groups is 1. The Bertz CT molecular complexity index is 609. The second kappa shape index (κ2) is 6.08. The molecule has 1 fully saturated rings. The Morgan fingerprint density at radius 3 is 2.90 bits per heavy atom. The smallest absolute Gasteiger partial charge is 0.249 e. The summed E-state index contributed by atoms with van der Waals surface area (Å²) in [4.78, 5) is 18.4. The van der Waals surface area contributed by atoms with Gasteiger partial charge in [-0.3, -0.25) is 4.79 Å². The molecule has 3 rings (SSSR count). The molecule has 1 atom stereocenters. The fraction of sp³-hybridized carbons (Fsp3) is 0.438. The van der Waals surface area contributed by atoms with Crippen LogP contribution in [0.1, 0.15) is 49.5 Å². The SMILES string of the molecule is CCCc1noc(C2CCC(=O)N2Cc2ccccc2)n1. The molecule has 0 bridgehead atoms. The molecular weight excluding hydrogens is 266 g/mol. The van der Waals surface area contributed by atoms with Crippen molar-refractivity contribution in [2.75, 3.05) is 0 Å². The van der Waals surface area contributed by atoms with Crippen LogP contribution in [0.2, 0.25) is 0 Å². The van der Waals surface area contributed by atoms with Crippen LogP contribution in [-0.4, -0.2) is 20.9 Å². The number of aryl methyl sites for hydroxylation is 1. The number of nitrogens with zero attached hydrogens (tertiary/aromatic N) is 3. The Hall–Kier alpha value is -2.17. The van der Waals surface area contributed by atoms with Crippen molar-refractivity contribution in [2.24, 2.45) is 0 Å². The molecule has 1 aliphatic heterocycles. The lowest BCUT2D eigenvalue weighted by atomic mass is 10.2. The number of likely N-dealkylation sites (tertiary alicyclic amines) is 1. The van der Waals surface area contributed by atoms with Gasteiger partial charge in [-0.1, -0.05) is 42.4 Å². The molecule has 0 aliphatic carbocycles. The van der Waals surface area contributed by atoms with Crippen LogP contribution in [0.3, 0.4) is 0 Å². The fourth-order valence-electron chi connectivity index (χ4n) is 2.70. The van der Waals surface area contributed by atoms with Crippen LogP contribution in [0.25, 0.3) is 0 Å². The molecule has 5 nitrogen and oxygen atoms in total. The Morgan fingerprint density at radius 2 is 2.14 bits per heavy atom. The van der Waals surface area contributed by atoms with Gasteiger partial charge in [0.05, 0.1) is 0 Å². The van der Waals surface area contributed by atoms with Crippen LogP contribution in [0, 0.1) is 0 Å². The molecule has 21 heavy (non-hydrogen) atoms. The molecule has 1 saturated heterocycles. The molecule has 2 aromatic rings. The zero-order chi connectivity index (χ0) is 14.7. The van der Waals surface area contributed by atoms with Crippen LogP contribution in [-0.2, 0) is 17.8 Å². The number of amides is 1. The van der Waals surface area contributed by atoms with Crippen molar-refractivity contribution in [3.63, 3.8) is 0 Å². The van der Waals surface area contributed by atoms with Gasteiger partial charge in [0, 0.05) is 19.4 Å². The Kier molecular flexibility index (Phi) is 3.99. The van der Waals surface area contributed by atoms with E-state index < -0.39 is 0 Å². The summed E-state index contributed by atoms with van der Waals surface area (Å²) in [6.45, 7) is 2.67. The number of carbonyl (C=O) groups excluding carboxylic acids is 1. The molecule has 1 unspecified atom stereocenters. The first-order chi connectivity index (χ1) is 10.3. The summed E-state index contributed by atoms with van der Waals surface area (Å²) >= 11 is 0. The Morgan fingerprint density at radius 1 is 1.33 bits per heavy atom. The Labute approximate surface area is 124 Å². The lowest BCUT2D eigenvalue weighted by Gasteiger charge is -2.22. The van der Waals surface area contributed by atoms with Crippen molar-refractivity contribution in [1.82, 2.24) is 15.0 Å². The van der Waals surface area contributed by atoms with Crippen LogP contribution < -0.4 is 0 Å². The van der Waals surface area contributed by atoms with E-state index in [4.69, 9.17) is 4.52 Å². The summed E-state index contributed by atoms with van der Waals surface area (Å²) in [5.41, 5.74) is 1.12. The quantitative estimate of drug-likeness (QED) is 0.847. The van der Waals surface area contributed by atoms with E-state index in [1.165, 1.54) is 0 Å². The molecule has 1 aromatic carbocycles. The van der Waals surface area contributed by atoms with Crippen molar-refractivity contribution in [3.05, 3.63) is 47.6 Å². The van der Waals surface area contributed by atoms with E-state index in [-0.39, 0.29) is 11.9 Å². The highest BCUT2D eigenvalue weighted by Gasteiger charge is 2.35. The lowest BCUT2D eigenvalue weighted by Crippen LogP contribution is -2.27. The first-order valence-electron chi connectivity index (χ1n) is 7.44. The van der Waals surface area contributed by atoms with Gasteiger partial charge in [0.15, 0.2) is 5.82 Å². The molecule has 0 saturated carbocycles. The number of hydrogen-bond donors (Lipinski definition) is 0. The second-order valence-electron chi connectivity index (χ2n) is 5.36. The molecule has 1 amide bonds. The van der Waals surface area contributed by atoms with E-state index in [1.807, 2.05) is 35.2 Å². The summed E-state index contributed by atoms with van der Waals surface area (Å²) < 4.78 is 5.36. The van der Waals surface area contributed by atoms with Gasteiger partial charge in [-0.15, -0.1) is 0 Å². The highest BCUT2D eigenvalue weighted by Crippen LogP contribution is 2.33. The molecular formula is C16H19N3O2. The molecule has 5 heteroatoms. The predicted molar refractivity (Wildman–Crippen MR) is 77.3 cm³/mol. The molecule has 0 spiro atoms. The van der Waals surface area contributed by atoms with Gasteiger partial charge in [-0.2, -0.15) is 4.98 Å². The van der Waals surface area contributed by atoms with Gasteiger partial charge in [0.25, 0.3) is 0 Å². The van der Waals surface area contributed by atoms with Gasteiger partial charge in [0.1, 0.15) is 6.04 Å². The number of benzene rings is 1. The van der Waals surface area contributed by atoms with Crippen molar-refractivity contribution < 1.29 is 9.32 Å². The third kappa shape index (κ3) is 2.96. The molecule has 2 heterocycles.